The normalized spacial score (nSPS) is 10.4. The first-order chi connectivity index (χ1) is 12.9. The topological polar surface area (TPSA) is 59.6 Å². The summed E-state index contributed by atoms with van der Waals surface area (Å²) < 4.78 is 11.9. The lowest BCUT2D eigenvalue weighted by atomic mass is 10.2. The standard InChI is InChI=1S/C20H23BrN2O3S/c1-4-25-16-8-6-15(7-9-16)22-20(27)23-19(24)17-11-14(21)5-10-18(17)26-12-13(2)3/h5-11,13H,4,12H2,1-3H3,(H2,22,23,24,27). The predicted octanol–water partition coefficient (Wildman–Crippen LogP) is 5.01. The molecule has 0 spiro atoms. The molecule has 0 atom stereocenters. The van der Waals surface area contributed by atoms with Crippen LogP contribution in [0.1, 0.15) is 31.1 Å². The average molecular weight is 451 g/mol. The fraction of sp³-hybridized carbons (Fsp3) is 0.300. The van der Waals surface area contributed by atoms with Crippen molar-refractivity contribution in [2.24, 2.45) is 5.92 Å². The van der Waals surface area contributed by atoms with Gasteiger partial charge < -0.3 is 14.8 Å². The molecule has 0 fully saturated rings. The zero-order valence-electron chi connectivity index (χ0n) is 15.5. The molecule has 0 aliphatic carbocycles. The molecule has 144 valence electrons. The molecule has 0 saturated carbocycles. The number of hydrogen-bond acceptors (Lipinski definition) is 4. The van der Waals surface area contributed by atoms with E-state index in [9.17, 15) is 4.79 Å². The molecule has 2 aromatic carbocycles. The van der Waals surface area contributed by atoms with Crippen LogP contribution in [0.3, 0.4) is 0 Å². The van der Waals surface area contributed by atoms with Gasteiger partial charge in [0.15, 0.2) is 5.11 Å². The van der Waals surface area contributed by atoms with Crippen molar-refractivity contribution in [2.45, 2.75) is 20.8 Å². The van der Waals surface area contributed by atoms with Gasteiger partial charge >= 0.3 is 0 Å². The van der Waals surface area contributed by atoms with Gasteiger partial charge in [-0.15, -0.1) is 0 Å². The molecule has 2 N–H and O–H groups in total. The second-order valence-electron chi connectivity index (χ2n) is 6.21. The summed E-state index contributed by atoms with van der Waals surface area (Å²) in [6.45, 7) is 7.16. The first kappa shape index (κ1) is 21.2. The Bertz CT molecular complexity index is 794. The zero-order valence-corrected chi connectivity index (χ0v) is 17.9. The lowest BCUT2D eigenvalue weighted by Gasteiger charge is -2.14. The number of thiocarbonyl (C=S) groups is 1. The van der Waals surface area contributed by atoms with Crippen LogP contribution in [0.5, 0.6) is 11.5 Å². The van der Waals surface area contributed by atoms with Crippen LogP contribution in [-0.4, -0.2) is 24.2 Å². The zero-order chi connectivity index (χ0) is 19.8. The maximum Gasteiger partial charge on any atom is 0.261 e. The molecule has 0 saturated heterocycles. The molecule has 2 rings (SSSR count). The molecular weight excluding hydrogens is 428 g/mol. The molecule has 0 aromatic heterocycles. The number of carbonyl (C=O) groups excluding carboxylic acids is 1. The number of benzene rings is 2. The molecule has 27 heavy (non-hydrogen) atoms. The van der Waals surface area contributed by atoms with Gasteiger partial charge in [-0.25, -0.2) is 0 Å². The lowest BCUT2D eigenvalue weighted by molar-refractivity contribution is 0.0973. The fourth-order valence-corrected chi connectivity index (χ4v) is 2.77. The molecule has 0 heterocycles. The molecule has 0 radical (unpaired) electrons. The van der Waals surface area contributed by atoms with E-state index in [0.717, 1.165) is 15.9 Å². The highest BCUT2D eigenvalue weighted by atomic mass is 79.9. The van der Waals surface area contributed by atoms with Crippen LogP contribution in [0, 0.1) is 5.92 Å². The van der Waals surface area contributed by atoms with E-state index in [-0.39, 0.29) is 11.0 Å². The Morgan fingerprint density at radius 1 is 1.15 bits per heavy atom. The second kappa shape index (κ2) is 10.3. The van der Waals surface area contributed by atoms with Gasteiger partial charge in [0.05, 0.1) is 18.8 Å². The summed E-state index contributed by atoms with van der Waals surface area (Å²) in [7, 11) is 0. The van der Waals surface area contributed by atoms with E-state index < -0.39 is 0 Å². The minimum atomic E-state index is -0.335. The maximum absolute atomic E-state index is 12.6. The summed E-state index contributed by atoms with van der Waals surface area (Å²) in [6, 6.07) is 12.7. The van der Waals surface area contributed by atoms with Crippen molar-refractivity contribution < 1.29 is 14.3 Å². The second-order valence-corrected chi connectivity index (χ2v) is 7.53. The van der Waals surface area contributed by atoms with E-state index >= 15 is 0 Å². The van der Waals surface area contributed by atoms with E-state index in [4.69, 9.17) is 21.7 Å². The SMILES string of the molecule is CCOc1ccc(NC(=S)NC(=O)c2cc(Br)ccc2OCC(C)C)cc1. The summed E-state index contributed by atoms with van der Waals surface area (Å²) >= 11 is 8.64. The van der Waals surface area contributed by atoms with Crippen molar-refractivity contribution in [3.8, 4) is 11.5 Å². The number of hydrogen-bond donors (Lipinski definition) is 2. The van der Waals surface area contributed by atoms with E-state index in [1.54, 1.807) is 12.1 Å². The minimum Gasteiger partial charge on any atom is -0.494 e. The first-order valence-electron chi connectivity index (χ1n) is 8.66. The fourth-order valence-electron chi connectivity index (χ4n) is 2.20. The van der Waals surface area contributed by atoms with E-state index in [0.29, 0.717) is 30.4 Å². The number of anilines is 1. The highest BCUT2D eigenvalue weighted by Crippen LogP contribution is 2.24. The number of nitrogens with one attached hydrogen (secondary N) is 2. The van der Waals surface area contributed by atoms with Gasteiger partial charge in [0.25, 0.3) is 5.91 Å². The van der Waals surface area contributed by atoms with Crippen LogP contribution in [0.15, 0.2) is 46.9 Å². The van der Waals surface area contributed by atoms with Gasteiger partial charge in [-0.2, -0.15) is 0 Å². The van der Waals surface area contributed by atoms with Gasteiger partial charge in [0, 0.05) is 10.2 Å². The van der Waals surface area contributed by atoms with Gasteiger partial charge in [-0.05, 0) is 67.5 Å². The largest absolute Gasteiger partial charge is 0.494 e. The molecule has 0 unspecified atom stereocenters. The maximum atomic E-state index is 12.6. The average Bonchev–Trinajstić information content (AvgIpc) is 2.62. The third kappa shape index (κ3) is 6.84. The van der Waals surface area contributed by atoms with E-state index in [1.165, 1.54) is 0 Å². The van der Waals surface area contributed by atoms with Crippen molar-refractivity contribution in [1.29, 1.82) is 0 Å². The summed E-state index contributed by atoms with van der Waals surface area (Å²) in [5.74, 6) is 1.32. The van der Waals surface area contributed by atoms with Crippen LogP contribution in [-0.2, 0) is 0 Å². The van der Waals surface area contributed by atoms with Crippen molar-refractivity contribution in [3.05, 3.63) is 52.5 Å². The molecule has 0 aliphatic heterocycles. The summed E-state index contributed by atoms with van der Waals surface area (Å²) in [4.78, 5) is 12.6. The van der Waals surface area contributed by atoms with E-state index in [2.05, 4.69) is 40.4 Å². The van der Waals surface area contributed by atoms with Crippen molar-refractivity contribution in [3.63, 3.8) is 0 Å². The smallest absolute Gasteiger partial charge is 0.261 e. The Hall–Kier alpha value is -2.12. The molecule has 1 amide bonds. The Morgan fingerprint density at radius 2 is 1.85 bits per heavy atom. The first-order valence-corrected chi connectivity index (χ1v) is 9.86. The lowest BCUT2D eigenvalue weighted by Crippen LogP contribution is -2.34. The summed E-state index contributed by atoms with van der Waals surface area (Å²) in [6.07, 6.45) is 0. The number of carbonyl (C=O) groups is 1. The Balaban J connectivity index is 2.03. The van der Waals surface area contributed by atoms with Crippen LogP contribution >= 0.6 is 28.1 Å². The summed E-state index contributed by atoms with van der Waals surface area (Å²) in [5, 5.41) is 5.88. The highest BCUT2D eigenvalue weighted by molar-refractivity contribution is 9.10. The molecule has 2 aromatic rings. The van der Waals surface area contributed by atoms with Crippen LogP contribution in [0.2, 0.25) is 0 Å². The molecular formula is C20H23BrN2O3S. The van der Waals surface area contributed by atoms with Crippen LogP contribution in [0.25, 0.3) is 0 Å². The predicted molar refractivity (Wildman–Crippen MR) is 116 cm³/mol. The van der Waals surface area contributed by atoms with Crippen LogP contribution < -0.4 is 20.1 Å². The number of ether oxygens (including phenoxy) is 2. The highest BCUT2D eigenvalue weighted by Gasteiger charge is 2.15. The Morgan fingerprint density at radius 3 is 2.48 bits per heavy atom. The third-order valence-electron chi connectivity index (χ3n) is 3.41. The monoisotopic (exact) mass is 450 g/mol. The quantitative estimate of drug-likeness (QED) is 0.580. The van der Waals surface area contributed by atoms with Crippen molar-refractivity contribution in [2.75, 3.05) is 18.5 Å². The van der Waals surface area contributed by atoms with E-state index in [1.807, 2.05) is 37.3 Å². The number of amides is 1. The van der Waals surface area contributed by atoms with Crippen molar-refractivity contribution in [1.82, 2.24) is 5.32 Å². The van der Waals surface area contributed by atoms with Gasteiger partial charge in [0.2, 0.25) is 0 Å². The van der Waals surface area contributed by atoms with Gasteiger partial charge in [-0.1, -0.05) is 29.8 Å². The summed E-state index contributed by atoms with van der Waals surface area (Å²) in [5.41, 5.74) is 1.18. The molecule has 5 nitrogen and oxygen atoms in total. The molecule has 0 aliphatic rings. The minimum absolute atomic E-state index is 0.207. The van der Waals surface area contributed by atoms with Gasteiger partial charge in [0.1, 0.15) is 11.5 Å². The van der Waals surface area contributed by atoms with Crippen LogP contribution in [0.4, 0.5) is 5.69 Å². The Kier molecular flexibility index (Phi) is 8.06. The van der Waals surface area contributed by atoms with Crippen molar-refractivity contribution >= 4 is 44.9 Å². The molecule has 7 heteroatoms. The Labute approximate surface area is 173 Å². The third-order valence-corrected chi connectivity index (χ3v) is 4.11. The number of halogens is 1. The van der Waals surface area contributed by atoms with Gasteiger partial charge in [-0.3, -0.25) is 10.1 Å². The number of rotatable bonds is 7. The molecule has 0 bridgehead atoms.